The molecule has 0 spiro atoms. The number of ether oxygens (including phenoxy) is 1. The van der Waals surface area contributed by atoms with Crippen molar-refractivity contribution in [3.8, 4) is 5.75 Å². The van der Waals surface area contributed by atoms with E-state index in [1.807, 2.05) is 6.92 Å². The maximum atomic E-state index is 13.4. The van der Waals surface area contributed by atoms with E-state index >= 15 is 0 Å². The number of alkyl halides is 3. The van der Waals surface area contributed by atoms with Crippen molar-refractivity contribution >= 4 is 23.2 Å². The topological polar surface area (TPSA) is 24.5 Å². The summed E-state index contributed by atoms with van der Waals surface area (Å²) in [6.45, 7) is 5.08. The van der Waals surface area contributed by atoms with Crippen LogP contribution >= 0.6 is 23.2 Å². The van der Waals surface area contributed by atoms with Crippen LogP contribution in [0.25, 0.3) is 0 Å². The quantitative estimate of drug-likeness (QED) is 0.683. The number of hydrogen-bond donors (Lipinski definition) is 1. The van der Waals surface area contributed by atoms with Crippen LogP contribution in [0.1, 0.15) is 29.7 Å². The van der Waals surface area contributed by atoms with Crippen LogP contribution in [-0.4, -0.2) is 37.7 Å². The average Bonchev–Trinajstić information content (AvgIpc) is 2.65. The van der Waals surface area contributed by atoms with Crippen LogP contribution in [0.5, 0.6) is 5.75 Å². The Morgan fingerprint density at radius 3 is 2.43 bits per heavy atom. The van der Waals surface area contributed by atoms with Crippen LogP contribution in [0.2, 0.25) is 10.0 Å². The Morgan fingerprint density at radius 1 is 1.07 bits per heavy atom. The molecule has 0 saturated carbocycles. The van der Waals surface area contributed by atoms with Gasteiger partial charge in [-0.1, -0.05) is 23.2 Å². The molecule has 0 radical (unpaired) electrons. The second kappa shape index (κ2) is 8.91. The standard InChI is InChI=1S/C20H21Cl2F3N2O/c1-2-28-18-6-4-14(21)12-16(18)19(27-9-7-26-8-10-27)15-11-13(20(23,24)25)3-5-17(15)22/h3-6,11-12,19,26H,2,7-10H2,1H3. The van der Waals surface area contributed by atoms with Gasteiger partial charge in [0, 0.05) is 41.8 Å². The lowest BCUT2D eigenvalue weighted by Gasteiger charge is -2.37. The van der Waals surface area contributed by atoms with Crippen molar-refractivity contribution in [3.63, 3.8) is 0 Å². The molecular formula is C20H21Cl2F3N2O. The van der Waals surface area contributed by atoms with Gasteiger partial charge < -0.3 is 10.1 Å². The van der Waals surface area contributed by atoms with E-state index < -0.39 is 17.8 Å². The van der Waals surface area contributed by atoms with Gasteiger partial charge >= 0.3 is 6.18 Å². The summed E-state index contributed by atoms with van der Waals surface area (Å²) in [6, 6.07) is 8.14. The second-order valence-corrected chi connectivity index (χ2v) is 7.38. The first-order valence-corrected chi connectivity index (χ1v) is 9.80. The Balaban J connectivity index is 2.18. The predicted octanol–water partition coefficient (Wildman–Crippen LogP) is 5.41. The third-order valence-corrected chi connectivity index (χ3v) is 5.28. The molecule has 1 N–H and O–H groups in total. The molecule has 2 aromatic carbocycles. The highest BCUT2D eigenvalue weighted by Crippen LogP contribution is 2.41. The van der Waals surface area contributed by atoms with E-state index in [4.69, 9.17) is 27.9 Å². The molecule has 1 atom stereocenters. The second-order valence-electron chi connectivity index (χ2n) is 6.54. The maximum Gasteiger partial charge on any atom is 0.416 e. The third kappa shape index (κ3) is 4.74. The minimum absolute atomic E-state index is 0.277. The van der Waals surface area contributed by atoms with E-state index in [2.05, 4.69) is 10.2 Å². The zero-order chi connectivity index (χ0) is 20.3. The van der Waals surface area contributed by atoms with Crippen molar-refractivity contribution in [2.24, 2.45) is 0 Å². The third-order valence-electron chi connectivity index (χ3n) is 4.70. The van der Waals surface area contributed by atoms with E-state index in [1.165, 1.54) is 6.07 Å². The fourth-order valence-corrected chi connectivity index (χ4v) is 3.85. The van der Waals surface area contributed by atoms with Crippen molar-refractivity contribution in [3.05, 3.63) is 63.1 Å². The highest BCUT2D eigenvalue weighted by molar-refractivity contribution is 6.31. The highest BCUT2D eigenvalue weighted by atomic mass is 35.5. The molecule has 2 aromatic rings. The lowest BCUT2D eigenvalue weighted by molar-refractivity contribution is -0.137. The Hall–Kier alpha value is -1.47. The summed E-state index contributed by atoms with van der Waals surface area (Å²) >= 11 is 12.6. The van der Waals surface area contributed by atoms with E-state index in [0.717, 1.165) is 25.2 Å². The molecule has 0 amide bonds. The first-order valence-electron chi connectivity index (χ1n) is 9.05. The van der Waals surface area contributed by atoms with Gasteiger partial charge in [0.1, 0.15) is 5.75 Å². The number of rotatable bonds is 5. The summed E-state index contributed by atoms with van der Waals surface area (Å²) in [4.78, 5) is 2.10. The van der Waals surface area contributed by atoms with Gasteiger partial charge in [-0.25, -0.2) is 0 Å². The summed E-state index contributed by atoms with van der Waals surface area (Å²) in [5.41, 5.74) is 0.367. The normalized spacial score (nSPS) is 16.8. The Kier molecular flexibility index (Phi) is 6.76. The highest BCUT2D eigenvalue weighted by Gasteiger charge is 2.34. The van der Waals surface area contributed by atoms with Crippen molar-refractivity contribution in [1.29, 1.82) is 0 Å². The predicted molar refractivity (Wildman–Crippen MR) is 105 cm³/mol. The monoisotopic (exact) mass is 432 g/mol. The Bertz CT molecular complexity index is 824. The number of nitrogens with zero attached hydrogens (tertiary/aromatic N) is 1. The van der Waals surface area contributed by atoms with E-state index in [0.29, 0.717) is 41.6 Å². The largest absolute Gasteiger partial charge is 0.494 e. The smallest absolute Gasteiger partial charge is 0.416 e. The average molecular weight is 433 g/mol. The minimum atomic E-state index is -4.45. The summed E-state index contributed by atoms with van der Waals surface area (Å²) in [7, 11) is 0. The zero-order valence-electron chi connectivity index (χ0n) is 15.3. The first-order chi connectivity index (χ1) is 13.3. The van der Waals surface area contributed by atoms with Crippen molar-refractivity contribution in [2.75, 3.05) is 32.8 Å². The zero-order valence-corrected chi connectivity index (χ0v) is 16.8. The number of halogens is 5. The molecule has 1 fully saturated rings. The van der Waals surface area contributed by atoms with Crippen LogP contribution in [0.15, 0.2) is 36.4 Å². The van der Waals surface area contributed by atoms with Gasteiger partial charge in [-0.3, -0.25) is 4.90 Å². The van der Waals surface area contributed by atoms with Crippen molar-refractivity contribution in [2.45, 2.75) is 19.1 Å². The summed E-state index contributed by atoms with van der Waals surface area (Å²) in [6.07, 6.45) is -4.45. The SMILES string of the molecule is CCOc1ccc(Cl)cc1C(c1cc(C(F)(F)F)ccc1Cl)N1CCNCC1. The van der Waals surface area contributed by atoms with Crippen LogP contribution in [0.4, 0.5) is 13.2 Å². The lowest BCUT2D eigenvalue weighted by Crippen LogP contribution is -2.45. The van der Waals surface area contributed by atoms with Gasteiger partial charge in [0.05, 0.1) is 18.2 Å². The molecule has 1 unspecified atom stereocenters. The summed E-state index contributed by atoms with van der Waals surface area (Å²) < 4.78 is 45.8. The fourth-order valence-electron chi connectivity index (χ4n) is 3.45. The van der Waals surface area contributed by atoms with Crippen LogP contribution in [0.3, 0.4) is 0 Å². The van der Waals surface area contributed by atoms with Gasteiger partial charge in [0.2, 0.25) is 0 Å². The number of benzene rings is 2. The molecule has 0 bridgehead atoms. The summed E-state index contributed by atoms with van der Waals surface area (Å²) in [5.74, 6) is 0.587. The molecule has 1 aliphatic heterocycles. The van der Waals surface area contributed by atoms with Gasteiger partial charge in [-0.2, -0.15) is 13.2 Å². The number of hydrogen-bond acceptors (Lipinski definition) is 3. The fraction of sp³-hybridized carbons (Fsp3) is 0.400. The molecular weight excluding hydrogens is 412 g/mol. The molecule has 8 heteroatoms. The van der Waals surface area contributed by atoms with Gasteiger partial charge in [-0.05, 0) is 48.9 Å². The minimum Gasteiger partial charge on any atom is -0.494 e. The van der Waals surface area contributed by atoms with Gasteiger partial charge in [0.25, 0.3) is 0 Å². The van der Waals surface area contributed by atoms with Crippen LogP contribution in [-0.2, 0) is 6.18 Å². The van der Waals surface area contributed by atoms with E-state index in [9.17, 15) is 13.2 Å². The Morgan fingerprint density at radius 2 is 1.79 bits per heavy atom. The van der Waals surface area contributed by atoms with Crippen molar-refractivity contribution in [1.82, 2.24) is 10.2 Å². The molecule has 1 heterocycles. The molecule has 0 aromatic heterocycles. The van der Waals surface area contributed by atoms with E-state index in [1.54, 1.807) is 18.2 Å². The Labute approximate surface area is 172 Å². The molecule has 1 aliphatic rings. The van der Waals surface area contributed by atoms with Gasteiger partial charge in [0.15, 0.2) is 0 Å². The lowest BCUT2D eigenvalue weighted by atomic mass is 9.94. The van der Waals surface area contributed by atoms with E-state index in [-0.39, 0.29) is 5.02 Å². The van der Waals surface area contributed by atoms with Gasteiger partial charge in [-0.15, -0.1) is 0 Å². The number of piperazine rings is 1. The molecule has 152 valence electrons. The number of nitrogens with one attached hydrogen (secondary N) is 1. The molecule has 3 rings (SSSR count). The first kappa shape index (κ1) is 21.2. The van der Waals surface area contributed by atoms with Crippen molar-refractivity contribution < 1.29 is 17.9 Å². The van der Waals surface area contributed by atoms with Crippen LogP contribution < -0.4 is 10.1 Å². The maximum absolute atomic E-state index is 13.4. The summed E-state index contributed by atoms with van der Waals surface area (Å²) in [5, 5.41) is 4.03. The van der Waals surface area contributed by atoms with Crippen LogP contribution in [0, 0.1) is 0 Å². The molecule has 3 nitrogen and oxygen atoms in total. The molecule has 1 saturated heterocycles. The molecule has 0 aliphatic carbocycles. The molecule has 28 heavy (non-hydrogen) atoms.